The molecule has 4 rings (SSSR count). The van der Waals surface area contributed by atoms with E-state index in [4.69, 9.17) is 0 Å². The zero-order valence-corrected chi connectivity index (χ0v) is 13.4. The molecular formula is C16H18N6O2. The first-order valence-electron chi connectivity index (χ1n) is 7.94. The standard InChI is InChI=1S/C16H18N6O2/c1-12(23)20-8-6-19(7-9-20)11-22-16(24)21-10-17-14-5-3-2-4-13(14)15(21)18-22/h2-5,10H,6-9,11H2,1H3. The van der Waals surface area contributed by atoms with Crippen molar-refractivity contribution < 1.29 is 4.79 Å². The summed E-state index contributed by atoms with van der Waals surface area (Å²) in [7, 11) is 0. The fourth-order valence-electron chi connectivity index (χ4n) is 3.09. The highest BCUT2D eigenvalue weighted by Gasteiger charge is 2.20. The summed E-state index contributed by atoms with van der Waals surface area (Å²) in [5.41, 5.74) is 1.24. The van der Waals surface area contributed by atoms with E-state index in [1.807, 2.05) is 29.2 Å². The summed E-state index contributed by atoms with van der Waals surface area (Å²) in [4.78, 5) is 32.2. The van der Waals surface area contributed by atoms with Crippen molar-refractivity contribution in [1.82, 2.24) is 29.0 Å². The molecule has 0 aliphatic carbocycles. The summed E-state index contributed by atoms with van der Waals surface area (Å²) < 4.78 is 2.95. The zero-order chi connectivity index (χ0) is 16.7. The van der Waals surface area contributed by atoms with Crippen molar-refractivity contribution in [3.8, 4) is 0 Å². The highest BCUT2D eigenvalue weighted by molar-refractivity contribution is 5.90. The SMILES string of the molecule is CC(=O)N1CCN(Cn2nc3c4ccccc4ncn3c2=O)CC1. The van der Waals surface area contributed by atoms with Gasteiger partial charge in [0.1, 0.15) is 6.33 Å². The molecule has 1 aliphatic heterocycles. The number of para-hydroxylation sites is 1. The number of carbonyl (C=O) groups excluding carboxylic acids is 1. The van der Waals surface area contributed by atoms with Crippen LogP contribution in [-0.4, -0.2) is 61.1 Å². The topological polar surface area (TPSA) is 75.7 Å². The maximum Gasteiger partial charge on any atom is 0.352 e. The number of piperazine rings is 1. The Morgan fingerprint density at radius 2 is 1.92 bits per heavy atom. The monoisotopic (exact) mass is 326 g/mol. The van der Waals surface area contributed by atoms with Crippen LogP contribution in [0.3, 0.4) is 0 Å². The number of fused-ring (bicyclic) bond motifs is 3. The molecule has 3 heterocycles. The second-order valence-corrected chi connectivity index (χ2v) is 6.00. The number of benzene rings is 1. The summed E-state index contributed by atoms with van der Waals surface area (Å²) in [6.45, 7) is 4.84. The van der Waals surface area contributed by atoms with Crippen LogP contribution < -0.4 is 5.69 Å². The second-order valence-electron chi connectivity index (χ2n) is 6.00. The molecule has 0 radical (unpaired) electrons. The Balaban J connectivity index is 1.63. The van der Waals surface area contributed by atoms with Crippen LogP contribution in [0.15, 0.2) is 35.4 Å². The van der Waals surface area contributed by atoms with Crippen LogP contribution in [-0.2, 0) is 11.5 Å². The van der Waals surface area contributed by atoms with Gasteiger partial charge in [0.2, 0.25) is 5.91 Å². The molecule has 1 amide bonds. The largest absolute Gasteiger partial charge is 0.352 e. The first-order chi connectivity index (χ1) is 11.6. The van der Waals surface area contributed by atoms with Gasteiger partial charge in [-0.3, -0.25) is 9.69 Å². The van der Waals surface area contributed by atoms with E-state index in [1.54, 1.807) is 6.92 Å². The summed E-state index contributed by atoms with van der Waals surface area (Å²) >= 11 is 0. The molecule has 2 aromatic heterocycles. The Bertz CT molecular complexity index is 968. The number of hydrogen-bond donors (Lipinski definition) is 0. The van der Waals surface area contributed by atoms with Gasteiger partial charge >= 0.3 is 5.69 Å². The molecule has 0 bridgehead atoms. The number of aromatic nitrogens is 4. The molecule has 1 aromatic carbocycles. The number of nitrogens with zero attached hydrogens (tertiary/aromatic N) is 6. The van der Waals surface area contributed by atoms with Crippen molar-refractivity contribution in [3.63, 3.8) is 0 Å². The minimum Gasteiger partial charge on any atom is -0.340 e. The highest BCUT2D eigenvalue weighted by atomic mass is 16.2. The lowest BCUT2D eigenvalue weighted by molar-refractivity contribution is -0.130. The molecule has 0 N–H and O–H groups in total. The summed E-state index contributed by atoms with van der Waals surface area (Å²) in [5, 5.41) is 5.35. The van der Waals surface area contributed by atoms with Crippen molar-refractivity contribution in [2.45, 2.75) is 13.6 Å². The molecule has 124 valence electrons. The third-order valence-corrected chi connectivity index (χ3v) is 4.48. The van der Waals surface area contributed by atoms with E-state index in [-0.39, 0.29) is 11.6 Å². The summed E-state index contributed by atoms with van der Waals surface area (Å²) in [5.74, 6) is 0.0945. The fourth-order valence-corrected chi connectivity index (χ4v) is 3.09. The molecule has 0 saturated carbocycles. The summed E-state index contributed by atoms with van der Waals surface area (Å²) in [6, 6.07) is 7.64. The van der Waals surface area contributed by atoms with Crippen LogP contribution in [0.5, 0.6) is 0 Å². The minimum atomic E-state index is -0.197. The van der Waals surface area contributed by atoms with Crippen LogP contribution >= 0.6 is 0 Å². The van der Waals surface area contributed by atoms with Crippen molar-refractivity contribution in [1.29, 1.82) is 0 Å². The van der Waals surface area contributed by atoms with E-state index in [0.29, 0.717) is 25.4 Å². The number of hydrogen-bond acceptors (Lipinski definition) is 5. The number of rotatable bonds is 2. The van der Waals surface area contributed by atoms with Crippen molar-refractivity contribution in [2.24, 2.45) is 0 Å². The van der Waals surface area contributed by atoms with Crippen LogP contribution in [0, 0.1) is 0 Å². The number of carbonyl (C=O) groups is 1. The van der Waals surface area contributed by atoms with E-state index in [9.17, 15) is 9.59 Å². The van der Waals surface area contributed by atoms with E-state index in [1.165, 1.54) is 15.4 Å². The summed E-state index contributed by atoms with van der Waals surface area (Å²) in [6.07, 6.45) is 1.52. The number of amides is 1. The fraction of sp³-hybridized carbons (Fsp3) is 0.375. The predicted molar refractivity (Wildman–Crippen MR) is 88.6 cm³/mol. The average Bonchev–Trinajstić information content (AvgIpc) is 2.92. The molecule has 0 spiro atoms. The van der Waals surface area contributed by atoms with E-state index in [2.05, 4.69) is 15.0 Å². The van der Waals surface area contributed by atoms with Gasteiger partial charge in [0.05, 0.1) is 12.2 Å². The van der Waals surface area contributed by atoms with Gasteiger partial charge in [0.25, 0.3) is 0 Å². The maximum atomic E-state index is 12.6. The zero-order valence-electron chi connectivity index (χ0n) is 13.4. The first kappa shape index (κ1) is 14.8. The van der Waals surface area contributed by atoms with Gasteiger partial charge in [-0.2, -0.15) is 4.68 Å². The molecular weight excluding hydrogens is 308 g/mol. The normalized spacial score (nSPS) is 16.1. The van der Waals surface area contributed by atoms with Crippen molar-refractivity contribution in [3.05, 3.63) is 41.1 Å². The Morgan fingerprint density at radius 3 is 2.67 bits per heavy atom. The molecule has 1 saturated heterocycles. The third kappa shape index (κ3) is 2.44. The molecule has 3 aromatic rings. The van der Waals surface area contributed by atoms with Gasteiger partial charge in [0.15, 0.2) is 5.65 Å². The Kier molecular flexibility index (Phi) is 3.53. The van der Waals surface area contributed by atoms with E-state index >= 15 is 0 Å². The van der Waals surface area contributed by atoms with Crippen LogP contribution in [0.2, 0.25) is 0 Å². The second kappa shape index (κ2) is 5.72. The van der Waals surface area contributed by atoms with Crippen LogP contribution in [0.25, 0.3) is 16.6 Å². The molecule has 8 nitrogen and oxygen atoms in total. The van der Waals surface area contributed by atoms with Crippen LogP contribution in [0.4, 0.5) is 0 Å². The van der Waals surface area contributed by atoms with E-state index < -0.39 is 0 Å². The van der Waals surface area contributed by atoms with Crippen LogP contribution in [0.1, 0.15) is 6.92 Å². The van der Waals surface area contributed by atoms with Gasteiger partial charge in [-0.25, -0.2) is 14.2 Å². The van der Waals surface area contributed by atoms with E-state index in [0.717, 1.165) is 24.0 Å². The Morgan fingerprint density at radius 1 is 1.17 bits per heavy atom. The maximum absolute atomic E-state index is 12.6. The Labute approximate surface area is 137 Å². The molecule has 24 heavy (non-hydrogen) atoms. The smallest absolute Gasteiger partial charge is 0.340 e. The van der Waals surface area contributed by atoms with Gasteiger partial charge in [-0.15, -0.1) is 5.10 Å². The quantitative estimate of drug-likeness (QED) is 0.671. The molecule has 1 aliphatic rings. The average molecular weight is 326 g/mol. The van der Waals surface area contributed by atoms with Crippen molar-refractivity contribution >= 4 is 22.5 Å². The molecule has 8 heteroatoms. The van der Waals surface area contributed by atoms with Gasteiger partial charge in [-0.05, 0) is 12.1 Å². The lowest BCUT2D eigenvalue weighted by Gasteiger charge is -2.33. The predicted octanol–water partition coefficient (Wildman–Crippen LogP) is 0.166. The van der Waals surface area contributed by atoms with Gasteiger partial charge in [-0.1, -0.05) is 12.1 Å². The Hall–Kier alpha value is -2.74. The first-order valence-corrected chi connectivity index (χ1v) is 7.94. The van der Waals surface area contributed by atoms with Crippen molar-refractivity contribution in [2.75, 3.05) is 26.2 Å². The van der Waals surface area contributed by atoms with Gasteiger partial charge in [0, 0.05) is 38.5 Å². The molecule has 0 unspecified atom stereocenters. The van der Waals surface area contributed by atoms with Gasteiger partial charge < -0.3 is 4.90 Å². The lowest BCUT2D eigenvalue weighted by atomic mass is 10.2. The highest BCUT2D eigenvalue weighted by Crippen LogP contribution is 2.14. The third-order valence-electron chi connectivity index (χ3n) is 4.48. The minimum absolute atomic E-state index is 0.0945. The lowest BCUT2D eigenvalue weighted by Crippen LogP contribution is -2.49. The molecule has 1 fully saturated rings. The molecule has 0 atom stereocenters.